The largest absolute Gasteiger partial charge is 0.480 e. The summed E-state index contributed by atoms with van der Waals surface area (Å²) in [5.74, 6) is -3.68. The first-order valence-electron chi connectivity index (χ1n) is 5.34. The van der Waals surface area contributed by atoms with E-state index in [0.29, 0.717) is 0 Å². The van der Waals surface area contributed by atoms with E-state index in [2.05, 4.69) is 10.3 Å². The zero-order valence-electron chi connectivity index (χ0n) is 9.80. The molecule has 1 aromatic rings. The Bertz CT molecular complexity index is 506. The van der Waals surface area contributed by atoms with Crippen LogP contribution in [0.5, 0.6) is 0 Å². The van der Waals surface area contributed by atoms with Gasteiger partial charge >= 0.3 is 5.97 Å². The number of aromatic nitrogens is 1. The third-order valence-corrected chi connectivity index (χ3v) is 2.23. The van der Waals surface area contributed by atoms with E-state index < -0.39 is 29.8 Å². The Balaban J connectivity index is 2.71. The standard InChI is InChI=1S/C11H12FN3O4/c12-8-3-1-2-6(14-8)10(17)15-7(11(18)19)4-5-9(13)16/h1-3,7H,4-5H2,(H2,13,16)(H,15,17)(H,18,19)/t7-/m1/s1. The SMILES string of the molecule is NC(=O)CC[C@@H](NC(=O)c1cccc(F)n1)C(=O)O. The van der Waals surface area contributed by atoms with Gasteiger partial charge in [0.05, 0.1) is 0 Å². The Kier molecular flexibility index (Phi) is 4.92. The van der Waals surface area contributed by atoms with E-state index in [1.807, 2.05) is 0 Å². The molecule has 0 spiro atoms. The fraction of sp³-hybridized carbons (Fsp3) is 0.273. The zero-order valence-corrected chi connectivity index (χ0v) is 9.80. The third-order valence-electron chi connectivity index (χ3n) is 2.23. The van der Waals surface area contributed by atoms with Crippen molar-refractivity contribution in [1.29, 1.82) is 0 Å². The van der Waals surface area contributed by atoms with E-state index in [-0.39, 0.29) is 18.5 Å². The highest BCUT2D eigenvalue weighted by Crippen LogP contribution is 2.02. The lowest BCUT2D eigenvalue weighted by Crippen LogP contribution is -2.41. The third kappa shape index (κ3) is 4.70. The minimum Gasteiger partial charge on any atom is -0.480 e. The van der Waals surface area contributed by atoms with E-state index in [1.54, 1.807) is 0 Å². The number of rotatable bonds is 6. The van der Waals surface area contributed by atoms with Gasteiger partial charge in [0, 0.05) is 6.42 Å². The first-order valence-corrected chi connectivity index (χ1v) is 5.34. The Morgan fingerprint density at radius 2 is 2.11 bits per heavy atom. The molecule has 102 valence electrons. The van der Waals surface area contributed by atoms with Gasteiger partial charge in [-0.15, -0.1) is 0 Å². The predicted octanol–water partition coefficient (Wildman–Crippen LogP) is -0.331. The van der Waals surface area contributed by atoms with Crippen LogP contribution in [0.15, 0.2) is 18.2 Å². The predicted molar refractivity (Wildman–Crippen MR) is 61.5 cm³/mol. The molecule has 7 nitrogen and oxygen atoms in total. The van der Waals surface area contributed by atoms with Crippen LogP contribution in [0.25, 0.3) is 0 Å². The minimum absolute atomic E-state index is 0.147. The highest BCUT2D eigenvalue weighted by Gasteiger charge is 2.21. The van der Waals surface area contributed by atoms with Crippen molar-refractivity contribution in [3.8, 4) is 0 Å². The Hall–Kier alpha value is -2.51. The summed E-state index contributed by atoms with van der Waals surface area (Å²) in [5, 5.41) is 11.0. The van der Waals surface area contributed by atoms with E-state index in [9.17, 15) is 18.8 Å². The van der Waals surface area contributed by atoms with E-state index in [4.69, 9.17) is 10.8 Å². The summed E-state index contributed by atoms with van der Waals surface area (Å²) < 4.78 is 12.8. The lowest BCUT2D eigenvalue weighted by molar-refractivity contribution is -0.139. The van der Waals surface area contributed by atoms with Crippen molar-refractivity contribution in [2.45, 2.75) is 18.9 Å². The Morgan fingerprint density at radius 3 is 2.63 bits per heavy atom. The number of carboxylic acids is 1. The first kappa shape index (κ1) is 14.6. The molecule has 2 amide bonds. The van der Waals surface area contributed by atoms with Gasteiger partial charge in [-0.05, 0) is 18.6 Å². The number of hydrogen-bond acceptors (Lipinski definition) is 4. The van der Waals surface area contributed by atoms with Crippen LogP contribution >= 0.6 is 0 Å². The molecule has 0 aliphatic carbocycles. The average molecular weight is 269 g/mol. The Morgan fingerprint density at radius 1 is 1.42 bits per heavy atom. The number of aliphatic carboxylic acids is 1. The normalized spacial score (nSPS) is 11.6. The number of pyridine rings is 1. The van der Waals surface area contributed by atoms with Crippen LogP contribution < -0.4 is 11.1 Å². The molecule has 8 heteroatoms. The van der Waals surface area contributed by atoms with Crippen LogP contribution in [0, 0.1) is 5.95 Å². The molecule has 19 heavy (non-hydrogen) atoms. The summed E-state index contributed by atoms with van der Waals surface area (Å²) >= 11 is 0. The maximum absolute atomic E-state index is 12.8. The number of nitrogens with one attached hydrogen (secondary N) is 1. The lowest BCUT2D eigenvalue weighted by atomic mass is 10.1. The average Bonchev–Trinajstić information content (AvgIpc) is 2.33. The summed E-state index contributed by atoms with van der Waals surface area (Å²) in [4.78, 5) is 36.4. The second-order valence-corrected chi connectivity index (χ2v) is 3.71. The maximum atomic E-state index is 12.8. The number of hydrogen-bond donors (Lipinski definition) is 3. The topological polar surface area (TPSA) is 122 Å². The smallest absolute Gasteiger partial charge is 0.326 e. The van der Waals surface area contributed by atoms with Gasteiger partial charge in [-0.2, -0.15) is 4.39 Å². The molecule has 0 saturated heterocycles. The molecule has 0 unspecified atom stereocenters. The lowest BCUT2D eigenvalue weighted by Gasteiger charge is -2.13. The molecule has 0 fully saturated rings. The number of halogens is 1. The number of carbonyl (C=O) groups excluding carboxylic acids is 2. The van der Waals surface area contributed by atoms with Crippen LogP contribution in [0.4, 0.5) is 4.39 Å². The second kappa shape index (κ2) is 6.43. The second-order valence-electron chi connectivity index (χ2n) is 3.71. The molecule has 1 atom stereocenters. The molecule has 0 radical (unpaired) electrons. The Labute approximate surface area is 107 Å². The van der Waals surface area contributed by atoms with Gasteiger partial charge in [0.15, 0.2) is 0 Å². The van der Waals surface area contributed by atoms with Crippen molar-refractivity contribution in [2.24, 2.45) is 5.73 Å². The van der Waals surface area contributed by atoms with Gasteiger partial charge in [0.2, 0.25) is 11.9 Å². The summed E-state index contributed by atoms with van der Waals surface area (Å²) in [7, 11) is 0. The van der Waals surface area contributed by atoms with Crippen molar-refractivity contribution < 1.29 is 23.9 Å². The fourth-order valence-corrected chi connectivity index (χ4v) is 1.31. The highest BCUT2D eigenvalue weighted by molar-refractivity contribution is 5.95. The van der Waals surface area contributed by atoms with Gasteiger partial charge in [-0.1, -0.05) is 6.07 Å². The molecule has 1 rings (SSSR count). The van der Waals surface area contributed by atoms with Crippen LogP contribution in [0.1, 0.15) is 23.3 Å². The van der Waals surface area contributed by atoms with Gasteiger partial charge in [-0.25, -0.2) is 9.78 Å². The minimum atomic E-state index is -1.31. The van der Waals surface area contributed by atoms with Crippen LogP contribution in [-0.4, -0.2) is 33.9 Å². The molecule has 0 saturated carbocycles. The van der Waals surface area contributed by atoms with Crippen LogP contribution in [0.2, 0.25) is 0 Å². The van der Waals surface area contributed by atoms with Crippen molar-refractivity contribution >= 4 is 17.8 Å². The van der Waals surface area contributed by atoms with Crippen molar-refractivity contribution in [2.75, 3.05) is 0 Å². The first-order chi connectivity index (χ1) is 8.90. The molecular formula is C11H12FN3O4. The monoisotopic (exact) mass is 269 g/mol. The molecule has 1 heterocycles. The van der Waals surface area contributed by atoms with Gasteiger partial charge in [0.25, 0.3) is 5.91 Å². The highest BCUT2D eigenvalue weighted by atomic mass is 19.1. The van der Waals surface area contributed by atoms with Crippen LogP contribution in [0.3, 0.4) is 0 Å². The van der Waals surface area contributed by atoms with Gasteiger partial charge in [0.1, 0.15) is 11.7 Å². The van der Waals surface area contributed by atoms with Crippen LogP contribution in [-0.2, 0) is 9.59 Å². The molecule has 1 aromatic heterocycles. The molecule has 0 aliphatic heterocycles. The van der Waals surface area contributed by atoms with Crippen molar-refractivity contribution in [1.82, 2.24) is 10.3 Å². The number of carboxylic acid groups (broad SMARTS) is 1. The number of primary amides is 1. The molecule has 0 bridgehead atoms. The molecule has 0 aliphatic rings. The summed E-state index contributed by atoms with van der Waals surface area (Å²) in [5.41, 5.74) is 4.65. The van der Waals surface area contributed by atoms with Crippen molar-refractivity contribution in [3.05, 3.63) is 29.8 Å². The van der Waals surface area contributed by atoms with Crippen molar-refractivity contribution in [3.63, 3.8) is 0 Å². The number of nitrogens with two attached hydrogens (primary N) is 1. The summed E-state index contributed by atoms with van der Waals surface area (Å²) in [6, 6.07) is 2.28. The molecule has 4 N–H and O–H groups in total. The van der Waals surface area contributed by atoms with E-state index in [0.717, 1.165) is 6.07 Å². The molecular weight excluding hydrogens is 257 g/mol. The fourth-order valence-electron chi connectivity index (χ4n) is 1.31. The molecule has 0 aromatic carbocycles. The summed E-state index contributed by atoms with van der Waals surface area (Å²) in [6.45, 7) is 0. The zero-order chi connectivity index (χ0) is 14.4. The quantitative estimate of drug-likeness (QED) is 0.610. The number of nitrogens with zero attached hydrogens (tertiary/aromatic N) is 1. The summed E-state index contributed by atoms with van der Waals surface area (Å²) in [6.07, 6.45) is -0.334. The van der Waals surface area contributed by atoms with E-state index in [1.165, 1.54) is 12.1 Å². The van der Waals surface area contributed by atoms with Gasteiger partial charge in [-0.3, -0.25) is 9.59 Å². The number of carbonyl (C=O) groups is 3. The number of amides is 2. The maximum Gasteiger partial charge on any atom is 0.326 e. The van der Waals surface area contributed by atoms with Gasteiger partial charge < -0.3 is 16.2 Å². The van der Waals surface area contributed by atoms with E-state index >= 15 is 0 Å².